The number of likely N-dealkylation sites (N-methyl/N-ethyl adjacent to an activating group) is 1. The molecule has 46 heavy (non-hydrogen) atoms. The standard InChI is InChI=1S/C42H73NO3/c1-11-12-13-14-15-16-27-43(9,10)28-36(45)46-35-21-22-39(6)33(38(35,4)5)20-23-41(8)34(39)18-17-32-37-31(30(2)3)19-24-42(37,29-44)26-25-40(32,41)7/h31-35,37H,2,11-29H2,1,3-10H3/t31-,32?,33?,34?,35-,37?,39-,40+,41+,42+/m0/s1. The average molecular weight is 640 g/mol. The van der Waals surface area contributed by atoms with Gasteiger partial charge in [0.1, 0.15) is 6.10 Å². The van der Waals surface area contributed by atoms with E-state index in [9.17, 15) is 9.90 Å². The van der Waals surface area contributed by atoms with Gasteiger partial charge in [0.2, 0.25) is 0 Å². The number of nitrogens with zero attached hydrogens (tertiary/aromatic N) is 1. The van der Waals surface area contributed by atoms with Crippen molar-refractivity contribution in [2.45, 2.75) is 157 Å². The van der Waals surface area contributed by atoms with Gasteiger partial charge in [-0.2, -0.15) is 0 Å². The fourth-order valence-corrected chi connectivity index (χ4v) is 13.7. The summed E-state index contributed by atoms with van der Waals surface area (Å²) in [5, 5.41) is 12.9. The minimum Gasteiger partial charge on any atom is -0.854 e. The van der Waals surface area contributed by atoms with Crippen LogP contribution in [-0.2, 0) is 9.53 Å². The van der Waals surface area contributed by atoms with Crippen LogP contribution in [-0.4, -0.2) is 50.3 Å². The molecule has 4 heteroatoms. The van der Waals surface area contributed by atoms with Crippen molar-refractivity contribution in [3.05, 3.63) is 12.2 Å². The van der Waals surface area contributed by atoms with Crippen molar-refractivity contribution in [3.8, 4) is 0 Å². The molecule has 0 aromatic rings. The normalized spacial score (nSPS) is 43.2. The van der Waals surface area contributed by atoms with E-state index >= 15 is 0 Å². The van der Waals surface area contributed by atoms with E-state index in [1.165, 1.54) is 89.0 Å². The number of quaternary nitrogens is 1. The molecule has 0 spiro atoms. The number of hydrogen-bond acceptors (Lipinski definition) is 3. The third-order valence-electron chi connectivity index (χ3n) is 16.4. The summed E-state index contributed by atoms with van der Waals surface area (Å²) in [4.78, 5) is 13.5. The number of hydrogen-bond donors (Lipinski definition) is 0. The van der Waals surface area contributed by atoms with Crippen molar-refractivity contribution in [3.63, 3.8) is 0 Å². The summed E-state index contributed by atoms with van der Waals surface area (Å²) < 4.78 is 7.20. The van der Waals surface area contributed by atoms with Gasteiger partial charge in [-0.05, 0) is 135 Å². The third kappa shape index (κ3) is 5.98. The second kappa shape index (κ2) is 13.1. The Morgan fingerprint density at radius 3 is 2.20 bits per heavy atom. The highest BCUT2D eigenvalue weighted by Gasteiger charge is 2.70. The smallest absolute Gasteiger partial charge is 0.362 e. The molecule has 0 aromatic heterocycles. The number of allylic oxidation sites excluding steroid dienone is 1. The van der Waals surface area contributed by atoms with Gasteiger partial charge in [-0.1, -0.05) is 79.4 Å². The van der Waals surface area contributed by atoms with Crippen LogP contribution in [0.15, 0.2) is 12.2 Å². The topological polar surface area (TPSA) is 49.4 Å². The van der Waals surface area contributed by atoms with Gasteiger partial charge >= 0.3 is 5.97 Å². The summed E-state index contributed by atoms with van der Waals surface area (Å²) in [6.07, 6.45) is 19.6. The zero-order valence-electron chi connectivity index (χ0n) is 31.8. The van der Waals surface area contributed by atoms with Crippen molar-refractivity contribution < 1.29 is 19.1 Å². The Morgan fingerprint density at radius 1 is 0.826 bits per heavy atom. The molecule has 0 heterocycles. The van der Waals surface area contributed by atoms with Crippen molar-refractivity contribution in [1.82, 2.24) is 0 Å². The van der Waals surface area contributed by atoms with Crippen LogP contribution in [0.2, 0.25) is 0 Å². The Hall–Kier alpha value is -0.870. The zero-order valence-corrected chi connectivity index (χ0v) is 31.8. The predicted octanol–water partition coefficient (Wildman–Crippen LogP) is 9.35. The molecule has 5 aliphatic rings. The van der Waals surface area contributed by atoms with Gasteiger partial charge in [-0.25, -0.2) is 4.79 Å². The van der Waals surface area contributed by atoms with Crippen LogP contribution in [0.25, 0.3) is 0 Å². The van der Waals surface area contributed by atoms with Gasteiger partial charge < -0.3 is 14.3 Å². The second-order valence-corrected chi connectivity index (χ2v) is 19.6. The van der Waals surface area contributed by atoms with E-state index in [2.05, 4.69) is 69.1 Å². The Kier molecular flexibility index (Phi) is 10.4. The van der Waals surface area contributed by atoms with Crippen LogP contribution >= 0.6 is 0 Å². The molecule has 10 atom stereocenters. The minimum atomic E-state index is -0.0288. The number of unbranched alkanes of at least 4 members (excludes halogenated alkanes) is 5. The van der Waals surface area contributed by atoms with Crippen molar-refractivity contribution in [1.29, 1.82) is 0 Å². The summed E-state index contributed by atoms with van der Waals surface area (Å²) in [6.45, 7) is 23.4. The molecule has 0 saturated heterocycles. The summed E-state index contributed by atoms with van der Waals surface area (Å²) in [5.41, 5.74) is 2.13. The fraction of sp³-hybridized carbons (Fsp3) is 0.929. The Morgan fingerprint density at radius 2 is 1.52 bits per heavy atom. The van der Waals surface area contributed by atoms with E-state index in [1.807, 2.05) is 0 Å². The van der Waals surface area contributed by atoms with E-state index in [0.717, 1.165) is 30.3 Å². The number of esters is 1. The van der Waals surface area contributed by atoms with Crippen molar-refractivity contribution in [2.24, 2.45) is 56.7 Å². The molecule has 4 unspecified atom stereocenters. The van der Waals surface area contributed by atoms with Gasteiger partial charge in [0.15, 0.2) is 6.54 Å². The monoisotopic (exact) mass is 640 g/mol. The highest BCUT2D eigenvalue weighted by Crippen LogP contribution is 2.77. The molecule has 5 rings (SSSR count). The zero-order chi connectivity index (χ0) is 33.8. The molecule has 4 nitrogen and oxygen atoms in total. The maximum absolute atomic E-state index is 13.5. The summed E-state index contributed by atoms with van der Waals surface area (Å²) in [5.74, 6) is 2.95. The molecule has 5 aliphatic carbocycles. The molecular formula is C42H73NO3. The quantitative estimate of drug-likeness (QED) is 0.0925. The molecule has 264 valence electrons. The third-order valence-corrected chi connectivity index (χ3v) is 16.4. The van der Waals surface area contributed by atoms with E-state index in [-0.39, 0.29) is 45.8 Å². The molecule has 0 radical (unpaired) electrons. The lowest BCUT2D eigenvalue weighted by molar-refractivity contribution is -0.883. The molecule has 0 bridgehead atoms. The van der Waals surface area contributed by atoms with Gasteiger partial charge in [0.05, 0.1) is 20.6 Å². The highest BCUT2D eigenvalue weighted by atomic mass is 16.5. The van der Waals surface area contributed by atoms with Gasteiger partial charge in [0.25, 0.3) is 0 Å². The summed E-state index contributed by atoms with van der Waals surface area (Å²) in [6, 6.07) is 0. The number of rotatable bonds is 12. The Bertz CT molecular complexity index is 1110. The molecule has 0 aromatic carbocycles. The minimum absolute atomic E-state index is 0.000907. The lowest BCUT2D eigenvalue weighted by Gasteiger charge is -2.73. The number of carbonyl (C=O) groups excluding carboxylic acids is 1. The predicted molar refractivity (Wildman–Crippen MR) is 189 cm³/mol. The maximum Gasteiger partial charge on any atom is 0.362 e. The summed E-state index contributed by atoms with van der Waals surface area (Å²) >= 11 is 0. The number of fused-ring (bicyclic) bond motifs is 7. The molecular weight excluding hydrogens is 566 g/mol. The van der Waals surface area contributed by atoms with Gasteiger partial charge in [-0.15, -0.1) is 6.61 Å². The first-order valence-electron chi connectivity index (χ1n) is 19.8. The summed E-state index contributed by atoms with van der Waals surface area (Å²) in [7, 11) is 4.40. The van der Waals surface area contributed by atoms with Crippen molar-refractivity contribution >= 4 is 5.97 Å². The van der Waals surface area contributed by atoms with Crippen LogP contribution < -0.4 is 5.11 Å². The first-order valence-corrected chi connectivity index (χ1v) is 19.8. The largest absolute Gasteiger partial charge is 0.854 e. The van der Waals surface area contributed by atoms with E-state index < -0.39 is 0 Å². The Labute approximate surface area is 284 Å². The fourth-order valence-electron chi connectivity index (χ4n) is 13.7. The lowest BCUT2D eigenvalue weighted by atomic mass is 9.32. The molecule has 0 amide bonds. The van der Waals surface area contributed by atoms with E-state index in [0.29, 0.717) is 36.1 Å². The first kappa shape index (κ1) is 36.4. The molecule has 0 aliphatic heterocycles. The number of ether oxygens (including phenoxy) is 1. The van der Waals surface area contributed by atoms with Crippen LogP contribution in [0.4, 0.5) is 0 Å². The van der Waals surface area contributed by atoms with Crippen LogP contribution in [0.1, 0.15) is 151 Å². The number of carbonyl (C=O) groups is 1. The highest BCUT2D eigenvalue weighted by molar-refractivity contribution is 5.70. The van der Waals surface area contributed by atoms with Crippen LogP contribution in [0.3, 0.4) is 0 Å². The van der Waals surface area contributed by atoms with Gasteiger partial charge in [0, 0.05) is 5.41 Å². The maximum atomic E-state index is 13.5. The van der Waals surface area contributed by atoms with E-state index in [1.54, 1.807) is 0 Å². The molecule has 5 saturated carbocycles. The van der Waals surface area contributed by atoms with E-state index in [4.69, 9.17) is 4.74 Å². The van der Waals surface area contributed by atoms with Crippen molar-refractivity contribution in [2.75, 3.05) is 33.8 Å². The Balaban J connectivity index is 1.28. The average Bonchev–Trinajstić information content (AvgIpc) is 3.37. The SMILES string of the molecule is C=C(C)[C@@H]1CC[C@]2(C[O-])CC[C@]3(C)C(CCC4[C@@]5(C)CC[C@H](OC(=O)C[N+](C)(C)CCCCCCCC)C(C)(C)C5CC[C@]43C)C12. The second-order valence-electron chi connectivity index (χ2n) is 19.6. The van der Waals surface area contributed by atoms with Gasteiger partial charge in [-0.3, -0.25) is 0 Å². The molecule has 0 N–H and O–H groups in total. The molecule has 5 fully saturated rings. The van der Waals surface area contributed by atoms with Crippen LogP contribution in [0, 0.1) is 56.7 Å². The lowest BCUT2D eigenvalue weighted by Crippen LogP contribution is -2.67. The first-order chi connectivity index (χ1) is 21.5. The van der Waals surface area contributed by atoms with Crippen LogP contribution in [0.5, 0.6) is 0 Å².